The summed E-state index contributed by atoms with van der Waals surface area (Å²) in [4.78, 5) is 35.5. The van der Waals surface area contributed by atoms with E-state index >= 15 is 0 Å². The number of pyridine rings is 2. The Morgan fingerprint density at radius 2 is 1.84 bits per heavy atom. The average molecular weight is 428 g/mol. The molecule has 1 fully saturated rings. The molecule has 5 rings (SSSR count). The summed E-state index contributed by atoms with van der Waals surface area (Å²) in [6.45, 7) is 1.88. The van der Waals surface area contributed by atoms with Gasteiger partial charge in [0.1, 0.15) is 5.82 Å². The summed E-state index contributed by atoms with van der Waals surface area (Å²) in [5.74, 6) is -0.400. The maximum atomic E-state index is 13.0. The van der Waals surface area contributed by atoms with E-state index in [1.807, 2.05) is 18.2 Å². The van der Waals surface area contributed by atoms with Crippen LogP contribution < -0.4 is 10.2 Å². The summed E-state index contributed by atoms with van der Waals surface area (Å²) in [5, 5.41) is 16.9. The Kier molecular flexibility index (Phi) is 4.98. The van der Waals surface area contributed by atoms with Gasteiger partial charge < -0.3 is 15.3 Å². The van der Waals surface area contributed by atoms with E-state index in [4.69, 9.17) is 0 Å². The molecule has 32 heavy (non-hydrogen) atoms. The first-order valence-electron chi connectivity index (χ1n) is 10.3. The minimum Gasteiger partial charge on any atom is -0.476 e. The third-order valence-corrected chi connectivity index (χ3v) is 5.50. The van der Waals surface area contributed by atoms with Crippen molar-refractivity contribution in [1.29, 1.82) is 0 Å². The summed E-state index contributed by atoms with van der Waals surface area (Å²) in [5.41, 5.74) is 2.42. The molecule has 1 aromatic carbocycles. The van der Waals surface area contributed by atoms with Gasteiger partial charge in [-0.1, -0.05) is 12.1 Å². The van der Waals surface area contributed by atoms with Crippen LogP contribution in [0.5, 0.6) is 0 Å². The van der Waals surface area contributed by atoms with Crippen molar-refractivity contribution < 1.29 is 14.7 Å². The zero-order valence-electron chi connectivity index (χ0n) is 17.1. The average Bonchev–Trinajstić information content (AvgIpc) is 3.48. The predicted octanol–water partition coefficient (Wildman–Crippen LogP) is 3.87. The van der Waals surface area contributed by atoms with Gasteiger partial charge in [-0.15, -0.1) is 0 Å². The fourth-order valence-corrected chi connectivity index (χ4v) is 3.94. The van der Waals surface area contributed by atoms with E-state index in [2.05, 4.69) is 25.3 Å². The minimum atomic E-state index is -1.20. The van der Waals surface area contributed by atoms with E-state index in [1.54, 1.807) is 42.9 Å². The summed E-state index contributed by atoms with van der Waals surface area (Å²) in [6.07, 6.45) is 7.25. The largest absolute Gasteiger partial charge is 0.476 e. The molecule has 2 N–H and O–H groups in total. The SMILES string of the molecule is O=C(O)c1nn(C(=O)Nc2ccnc(N3CCCC3)c2)c2ccc(-c3cccnc3)cc12. The molecule has 1 amide bonds. The second-order valence-electron chi connectivity index (χ2n) is 7.57. The Labute approximate surface area is 183 Å². The van der Waals surface area contributed by atoms with Crippen molar-refractivity contribution in [3.8, 4) is 11.1 Å². The number of carbonyl (C=O) groups is 2. The van der Waals surface area contributed by atoms with E-state index < -0.39 is 12.0 Å². The molecule has 9 heteroatoms. The molecule has 0 aliphatic carbocycles. The van der Waals surface area contributed by atoms with Gasteiger partial charge >= 0.3 is 12.0 Å². The normalized spacial score (nSPS) is 13.4. The van der Waals surface area contributed by atoms with Crippen LogP contribution in [0.25, 0.3) is 22.0 Å². The van der Waals surface area contributed by atoms with Crippen molar-refractivity contribution in [3.63, 3.8) is 0 Å². The van der Waals surface area contributed by atoms with Gasteiger partial charge in [0.15, 0.2) is 5.69 Å². The highest BCUT2D eigenvalue weighted by atomic mass is 16.4. The van der Waals surface area contributed by atoms with Crippen LogP contribution in [0.1, 0.15) is 23.3 Å². The van der Waals surface area contributed by atoms with E-state index in [1.165, 1.54) is 0 Å². The highest BCUT2D eigenvalue weighted by Crippen LogP contribution is 2.27. The smallest absolute Gasteiger partial charge is 0.357 e. The van der Waals surface area contributed by atoms with Crippen molar-refractivity contribution in [1.82, 2.24) is 19.7 Å². The summed E-state index contributed by atoms with van der Waals surface area (Å²) < 4.78 is 1.09. The van der Waals surface area contributed by atoms with Crippen molar-refractivity contribution in [2.45, 2.75) is 12.8 Å². The maximum absolute atomic E-state index is 13.0. The predicted molar refractivity (Wildman–Crippen MR) is 120 cm³/mol. The van der Waals surface area contributed by atoms with E-state index in [0.29, 0.717) is 16.6 Å². The second-order valence-corrected chi connectivity index (χ2v) is 7.57. The van der Waals surface area contributed by atoms with Crippen LogP contribution in [-0.4, -0.2) is 49.9 Å². The number of fused-ring (bicyclic) bond motifs is 1. The Morgan fingerprint density at radius 1 is 1.00 bits per heavy atom. The van der Waals surface area contributed by atoms with Crippen LogP contribution in [0.2, 0.25) is 0 Å². The number of carboxylic acids is 1. The number of aromatic carboxylic acids is 1. The molecule has 4 aromatic rings. The molecule has 3 aromatic heterocycles. The molecule has 0 radical (unpaired) electrons. The standard InChI is InChI=1S/C23H20N6O3/c30-22(31)21-18-12-15(16-4-3-8-24-14-16)5-6-19(18)29(27-21)23(32)26-17-7-9-25-20(13-17)28-10-1-2-11-28/h3-9,12-14H,1-2,10-11H2,(H,30,31)(H,25,26,32). The molecule has 1 aliphatic rings. The molecule has 9 nitrogen and oxygen atoms in total. The lowest BCUT2D eigenvalue weighted by Crippen LogP contribution is -2.22. The molecular weight excluding hydrogens is 408 g/mol. The van der Waals surface area contributed by atoms with Crippen LogP contribution in [0, 0.1) is 0 Å². The van der Waals surface area contributed by atoms with E-state index in [0.717, 1.165) is 47.6 Å². The quantitative estimate of drug-likeness (QED) is 0.507. The molecular formula is C23H20N6O3. The first kappa shape index (κ1) is 19.7. The molecule has 0 atom stereocenters. The van der Waals surface area contributed by atoms with Crippen LogP contribution in [0.15, 0.2) is 61.1 Å². The van der Waals surface area contributed by atoms with E-state index in [9.17, 15) is 14.7 Å². The number of carbonyl (C=O) groups excluding carboxylic acids is 1. The van der Waals surface area contributed by atoms with Gasteiger partial charge in [-0.2, -0.15) is 9.78 Å². The Bertz CT molecular complexity index is 1310. The Hall–Kier alpha value is -4.27. The number of anilines is 2. The first-order chi connectivity index (χ1) is 15.6. The lowest BCUT2D eigenvalue weighted by molar-refractivity contribution is 0.0692. The Balaban J connectivity index is 1.49. The highest BCUT2D eigenvalue weighted by molar-refractivity contribution is 6.06. The first-order valence-corrected chi connectivity index (χ1v) is 10.3. The van der Waals surface area contributed by atoms with Crippen LogP contribution in [-0.2, 0) is 0 Å². The summed E-state index contributed by atoms with van der Waals surface area (Å²) in [7, 11) is 0. The molecule has 1 saturated heterocycles. The minimum absolute atomic E-state index is 0.187. The second kappa shape index (κ2) is 8.10. The number of nitrogens with zero attached hydrogens (tertiary/aromatic N) is 5. The number of amides is 1. The molecule has 0 saturated carbocycles. The maximum Gasteiger partial charge on any atom is 0.357 e. The zero-order chi connectivity index (χ0) is 22.1. The lowest BCUT2D eigenvalue weighted by atomic mass is 10.0. The zero-order valence-corrected chi connectivity index (χ0v) is 17.1. The van der Waals surface area contributed by atoms with Gasteiger partial charge in [0, 0.05) is 54.4 Å². The highest BCUT2D eigenvalue weighted by Gasteiger charge is 2.21. The number of nitrogens with one attached hydrogen (secondary N) is 1. The number of carboxylic acid groups (broad SMARTS) is 1. The van der Waals surface area contributed by atoms with Crippen LogP contribution >= 0.6 is 0 Å². The lowest BCUT2D eigenvalue weighted by Gasteiger charge is -2.17. The van der Waals surface area contributed by atoms with Gasteiger partial charge in [0.05, 0.1) is 5.52 Å². The van der Waals surface area contributed by atoms with Crippen LogP contribution in [0.4, 0.5) is 16.3 Å². The molecule has 4 heterocycles. The van der Waals surface area contributed by atoms with Gasteiger partial charge in [0.25, 0.3) is 0 Å². The molecule has 0 spiro atoms. The number of rotatable bonds is 4. The van der Waals surface area contributed by atoms with Gasteiger partial charge in [-0.05, 0) is 42.7 Å². The van der Waals surface area contributed by atoms with Gasteiger partial charge in [0.2, 0.25) is 0 Å². The molecule has 1 aliphatic heterocycles. The molecule has 0 unspecified atom stereocenters. The van der Waals surface area contributed by atoms with Crippen molar-refractivity contribution >= 4 is 34.4 Å². The van der Waals surface area contributed by atoms with Crippen molar-refractivity contribution in [2.75, 3.05) is 23.3 Å². The topological polar surface area (TPSA) is 113 Å². The monoisotopic (exact) mass is 428 g/mol. The third-order valence-electron chi connectivity index (χ3n) is 5.50. The number of hydrogen-bond acceptors (Lipinski definition) is 6. The Morgan fingerprint density at radius 3 is 2.59 bits per heavy atom. The van der Waals surface area contributed by atoms with Crippen molar-refractivity contribution in [3.05, 3.63) is 66.7 Å². The van der Waals surface area contributed by atoms with Gasteiger partial charge in [-0.3, -0.25) is 4.98 Å². The number of hydrogen-bond donors (Lipinski definition) is 2. The van der Waals surface area contributed by atoms with Crippen LogP contribution in [0.3, 0.4) is 0 Å². The fourth-order valence-electron chi connectivity index (χ4n) is 3.94. The third kappa shape index (κ3) is 3.64. The van der Waals surface area contributed by atoms with Crippen molar-refractivity contribution in [2.24, 2.45) is 0 Å². The number of aromatic nitrogens is 4. The fraction of sp³-hybridized carbons (Fsp3) is 0.174. The molecule has 0 bridgehead atoms. The summed E-state index contributed by atoms with van der Waals surface area (Å²) >= 11 is 0. The number of benzene rings is 1. The summed E-state index contributed by atoms with van der Waals surface area (Å²) in [6, 6.07) is 11.9. The molecule has 160 valence electrons. The van der Waals surface area contributed by atoms with Gasteiger partial charge in [-0.25, -0.2) is 14.6 Å². The van der Waals surface area contributed by atoms with E-state index in [-0.39, 0.29) is 5.69 Å².